The van der Waals surface area contributed by atoms with Crippen LogP contribution in [0.3, 0.4) is 0 Å². The lowest BCUT2D eigenvalue weighted by Crippen LogP contribution is -2.43. The minimum absolute atomic E-state index is 0.146. The van der Waals surface area contributed by atoms with Gasteiger partial charge in [-0.3, -0.25) is 0 Å². The zero-order chi connectivity index (χ0) is 13.2. The van der Waals surface area contributed by atoms with Gasteiger partial charge in [0.25, 0.3) is 0 Å². The second-order valence-corrected chi connectivity index (χ2v) is 5.23. The Morgan fingerprint density at radius 3 is 3.00 bits per heavy atom. The standard InChI is InChI=1S/C11H17N3O3S/c1-11(16)6-17-5-8(11)13-9-7(4-15)3-12-10(14-9)18-2/h3,8,15-16H,4-6H2,1-2H3,(H,12,13,14)/t8-,11-/m1/s1. The highest BCUT2D eigenvalue weighted by Gasteiger charge is 2.38. The van der Waals surface area contributed by atoms with Crippen LogP contribution in [0.2, 0.25) is 0 Å². The molecular formula is C11H17N3O3S. The van der Waals surface area contributed by atoms with Gasteiger partial charge >= 0.3 is 0 Å². The Labute approximate surface area is 110 Å². The van der Waals surface area contributed by atoms with Crippen molar-refractivity contribution in [3.05, 3.63) is 11.8 Å². The van der Waals surface area contributed by atoms with Gasteiger partial charge in [-0.1, -0.05) is 11.8 Å². The molecule has 100 valence electrons. The van der Waals surface area contributed by atoms with Crippen molar-refractivity contribution < 1.29 is 14.9 Å². The minimum Gasteiger partial charge on any atom is -0.391 e. The topological polar surface area (TPSA) is 87.5 Å². The minimum atomic E-state index is -0.933. The largest absolute Gasteiger partial charge is 0.391 e. The van der Waals surface area contributed by atoms with Gasteiger partial charge in [0, 0.05) is 11.8 Å². The quantitative estimate of drug-likeness (QED) is 0.534. The maximum absolute atomic E-state index is 10.1. The highest BCUT2D eigenvalue weighted by atomic mass is 32.2. The predicted molar refractivity (Wildman–Crippen MR) is 68.6 cm³/mol. The van der Waals surface area contributed by atoms with Gasteiger partial charge in [-0.2, -0.15) is 0 Å². The van der Waals surface area contributed by atoms with Crippen molar-refractivity contribution in [2.75, 3.05) is 24.8 Å². The molecule has 1 aromatic heterocycles. The van der Waals surface area contributed by atoms with Crippen LogP contribution in [0.5, 0.6) is 0 Å². The number of aromatic nitrogens is 2. The van der Waals surface area contributed by atoms with E-state index in [9.17, 15) is 10.2 Å². The lowest BCUT2D eigenvalue weighted by Gasteiger charge is -2.25. The third-order valence-corrected chi connectivity index (χ3v) is 3.50. The van der Waals surface area contributed by atoms with E-state index in [2.05, 4.69) is 15.3 Å². The number of hydrogen-bond acceptors (Lipinski definition) is 7. The van der Waals surface area contributed by atoms with Gasteiger partial charge in [0.2, 0.25) is 0 Å². The molecule has 2 rings (SSSR count). The van der Waals surface area contributed by atoms with E-state index in [4.69, 9.17) is 4.74 Å². The average Bonchev–Trinajstić information content (AvgIpc) is 2.68. The monoisotopic (exact) mass is 271 g/mol. The summed E-state index contributed by atoms with van der Waals surface area (Å²) in [4.78, 5) is 8.40. The Morgan fingerprint density at radius 2 is 2.44 bits per heavy atom. The second-order valence-electron chi connectivity index (χ2n) is 4.46. The molecule has 0 radical (unpaired) electrons. The molecule has 1 aliphatic rings. The van der Waals surface area contributed by atoms with E-state index in [1.165, 1.54) is 11.8 Å². The first-order valence-corrected chi connectivity index (χ1v) is 6.86. The lowest BCUT2D eigenvalue weighted by atomic mass is 10.0. The Morgan fingerprint density at radius 1 is 1.67 bits per heavy atom. The van der Waals surface area contributed by atoms with Crippen LogP contribution in [0.4, 0.5) is 5.82 Å². The molecule has 7 heteroatoms. The summed E-state index contributed by atoms with van der Waals surface area (Å²) in [5.74, 6) is 0.549. The van der Waals surface area contributed by atoms with Crippen LogP contribution in [-0.2, 0) is 11.3 Å². The molecule has 0 spiro atoms. The van der Waals surface area contributed by atoms with Crippen LogP contribution in [-0.4, -0.2) is 51.3 Å². The van der Waals surface area contributed by atoms with Gasteiger partial charge in [0.15, 0.2) is 5.16 Å². The molecule has 1 aliphatic heterocycles. The average molecular weight is 271 g/mol. The smallest absolute Gasteiger partial charge is 0.189 e. The number of aliphatic hydroxyl groups excluding tert-OH is 1. The molecule has 0 saturated carbocycles. The van der Waals surface area contributed by atoms with Crippen molar-refractivity contribution in [2.45, 2.75) is 30.3 Å². The van der Waals surface area contributed by atoms with E-state index in [1.807, 2.05) is 6.26 Å². The maximum Gasteiger partial charge on any atom is 0.189 e. The van der Waals surface area contributed by atoms with E-state index in [1.54, 1.807) is 13.1 Å². The van der Waals surface area contributed by atoms with Gasteiger partial charge in [-0.25, -0.2) is 9.97 Å². The molecule has 0 bridgehead atoms. The molecule has 1 saturated heterocycles. The van der Waals surface area contributed by atoms with Crippen molar-refractivity contribution in [1.29, 1.82) is 0 Å². The summed E-state index contributed by atoms with van der Waals surface area (Å²) >= 11 is 1.42. The lowest BCUT2D eigenvalue weighted by molar-refractivity contribution is 0.0389. The summed E-state index contributed by atoms with van der Waals surface area (Å²) in [6, 6.07) is -0.243. The molecule has 2 atom stereocenters. The summed E-state index contributed by atoms with van der Waals surface area (Å²) in [6.45, 7) is 2.27. The highest BCUT2D eigenvalue weighted by Crippen LogP contribution is 2.24. The summed E-state index contributed by atoms with van der Waals surface area (Å²) in [5.41, 5.74) is -0.326. The number of hydrogen-bond donors (Lipinski definition) is 3. The summed E-state index contributed by atoms with van der Waals surface area (Å²) in [7, 11) is 0. The molecule has 0 aromatic carbocycles. The van der Waals surface area contributed by atoms with Crippen LogP contribution in [0, 0.1) is 0 Å². The van der Waals surface area contributed by atoms with Gasteiger partial charge in [0.05, 0.1) is 25.9 Å². The normalized spacial score (nSPS) is 27.4. The molecule has 0 amide bonds. The maximum atomic E-state index is 10.1. The zero-order valence-corrected chi connectivity index (χ0v) is 11.2. The third-order valence-electron chi connectivity index (χ3n) is 2.94. The van der Waals surface area contributed by atoms with Crippen LogP contribution in [0.1, 0.15) is 12.5 Å². The second kappa shape index (κ2) is 5.40. The Kier molecular flexibility index (Phi) is 4.06. The van der Waals surface area contributed by atoms with E-state index < -0.39 is 5.60 Å². The number of ether oxygens (including phenoxy) is 1. The molecular weight excluding hydrogens is 254 g/mol. The molecule has 1 fully saturated rings. The van der Waals surface area contributed by atoms with Crippen LogP contribution in [0.15, 0.2) is 11.4 Å². The number of aliphatic hydroxyl groups is 2. The molecule has 1 aromatic rings. The summed E-state index contributed by atoms with van der Waals surface area (Å²) in [5, 5.41) is 23.1. The van der Waals surface area contributed by atoms with E-state index in [0.717, 1.165) is 0 Å². The van der Waals surface area contributed by atoms with Crippen molar-refractivity contribution >= 4 is 17.6 Å². The predicted octanol–water partition coefficient (Wildman–Crippen LogP) is 0.252. The molecule has 0 aliphatic carbocycles. The molecule has 6 nitrogen and oxygen atoms in total. The first-order chi connectivity index (χ1) is 8.56. The number of rotatable bonds is 4. The number of thioether (sulfide) groups is 1. The van der Waals surface area contributed by atoms with E-state index in [-0.39, 0.29) is 12.6 Å². The molecule has 0 unspecified atom stereocenters. The summed E-state index contributed by atoms with van der Waals surface area (Å²) in [6.07, 6.45) is 3.47. The Hall–Kier alpha value is -0.890. The number of nitrogens with zero attached hydrogens (tertiary/aromatic N) is 2. The molecule has 3 N–H and O–H groups in total. The fourth-order valence-corrected chi connectivity index (χ4v) is 2.10. The van der Waals surface area contributed by atoms with Gasteiger partial charge in [-0.15, -0.1) is 0 Å². The Bertz CT molecular complexity index is 428. The third kappa shape index (κ3) is 2.74. The van der Waals surface area contributed by atoms with Crippen molar-refractivity contribution in [2.24, 2.45) is 0 Å². The summed E-state index contributed by atoms with van der Waals surface area (Å²) < 4.78 is 5.25. The van der Waals surface area contributed by atoms with Crippen LogP contribution < -0.4 is 5.32 Å². The van der Waals surface area contributed by atoms with Gasteiger partial charge in [0.1, 0.15) is 11.4 Å². The van der Waals surface area contributed by atoms with Crippen LogP contribution in [0.25, 0.3) is 0 Å². The van der Waals surface area contributed by atoms with E-state index >= 15 is 0 Å². The fraction of sp³-hybridized carbons (Fsp3) is 0.636. The number of nitrogens with one attached hydrogen (secondary N) is 1. The van der Waals surface area contributed by atoms with Crippen molar-refractivity contribution in [3.8, 4) is 0 Å². The Balaban J connectivity index is 2.21. The van der Waals surface area contributed by atoms with Gasteiger partial charge < -0.3 is 20.3 Å². The highest BCUT2D eigenvalue weighted by molar-refractivity contribution is 7.98. The molecule has 18 heavy (non-hydrogen) atoms. The first-order valence-electron chi connectivity index (χ1n) is 5.64. The zero-order valence-electron chi connectivity index (χ0n) is 10.4. The molecule has 2 heterocycles. The SMILES string of the molecule is CSc1ncc(CO)c(N[C@@H]2COC[C@@]2(C)O)n1. The van der Waals surface area contributed by atoms with Crippen molar-refractivity contribution in [3.63, 3.8) is 0 Å². The van der Waals surface area contributed by atoms with Crippen LogP contribution >= 0.6 is 11.8 Å². The van der Waals surface area contributed by atoms with E-state index in [0.29, 0.717) is 29.8 Å². The number of anilines is 1. The fourth-order valence-electron chi connectivity index (χ4n) is 1.76. The van der Waals surface area contributed by atoms with Gasteiger partial charge in [-0.05, 0) is 13.2 Å². The first kappa shape index (κ1) is 13.5. The van der Waals surface area contributed by atoms with Crippen molar-refractivity contribution in [1.82, 2.24) is 9.97 Å².